The molecule has 6 heteroatoms. The molecule has 2 aromatic heterocycles. The van der Waals surface area contributed by atoms with Gasteiger partial charge in [0, 0.05) is 18.5 Å². The molecule has 76 valence electrons. The van der Waals surface area contributed by atoms with Crippen molar-refractivity contribution < 1.29 is 4.74 Å². The zero-order chi connectivity index (χ0) is 10.7. The largest absolute Gasteiger partial charge is 0.423 e. The monoisotopic (exact) mass is 222 g/mol. The van der Waals surface area contributed by atoms with Crippen molar-refractivity contribution in [2.24, 2.45) is 0 Å². The van der Waals surface area contributed by atoms with Crippen LogP contribution in [0.3, 0.4) is 0 Å². The predicted octanol–water partition coefficient (Wildman–Crippen LogP) is 1.90. The molecule has 0 saturated heterocycles. The Balaban J connectivity index is 2.22. The van der Waals surface area contributed by atoms with Gasteiger partial charge in [0.2, 0.25) is 0 Å². The molecule has 0 aliphatic heterocycles. The quantitative estimate of drug-likeness (QED) is 0.840. The average molecular weight is 223 g/mol. The summed E-state index contributed by atoms with van der Waals surface area (Å²) in [5.41, 5.74) is 5.47. The summed E-state index contributed by atoms with van der Waals surface area (Å²) in [6.45, 7) is 0. The highest BCUT2D eigenvalue weighted by molar-refractivity contribution is 6.30. The summed E-state index contributed by atoms with van der Waals surface area (Å²) >= 11 is 5.73. The lowest BCUT2D eigenvalue weighted by Crippen LogP contribution is -1.95. The molecule has 0 saturated carbocycles. The van der Waals surface area contributed by atoms with Gasteiger partial charge in [0.1, 0.15) is 5.82 Å². The molecular formula is C9H7ClN4O. The van der Waals surface area contributed by atoms with Crippen LogP contribution in [0.25, 0.3) is 0 Å². The molecule has 0 aliphatic rings. The molecule has 0 aliphatic carbocycles. The lowest BCUT2D eigenvalue weighted by Gasteiger charge is -2.02. The Hall–Kier alpha value is -1.88. The summed E-state index contributed by atoms with van der Waals surface area (Å²) in [6.07, 6.45) is 4.53. The van der Waals surface area contributed by atoms with Gasteiger partial charge in [0.05, 0.1) is 11.2 Å². The van der Waals surface area contributed by atoms with E-state index in [4.69, 9.17) is 22.1 Å². The second-order valence-electron chi connectivity index (χ2n) is 2.71. The van der Waals surface area contributed by atoms with E-state index < -0.39 is 0 Å². The summed E-state index contributed by atoms with van der Waals surface area (Å²) in [7, 11) is 0. The highest BCUT2D eigenvalue weighted by Crippen LogP contribution is 2.20. The Morgan fingerprint density at radius 3 is 2.93 bits per heavy atom. The highest BCUT2D eigenvalue weighted by Gasteiger charge is 2.01. The molecule has 0 radical (unpaired) electrons. The first-order chi connectivity index (χ1) is 7.24. The Morgan fingerprint density at radius 2 is 2.20 bits per heavy atom. The van der Waals surface area contributed by atoms with Crippen LogP contribution in [0, 0.1) is 0 Å². The Kier molecular flexibility index (Phi) is 2.64. The minimum atomic E-state index is 0.166. The number of rotatable bonds is 2. The van der Waals surface area contributed by atoms with Gasteiger partial charge in [0.15, 0.2) is 5.75 Å². The lowest BCUT2D eigenvalue weighted by atomic mass is 10.5. The molecule has 0 unspecified atom stereocenters. The number of hydrogen-bond acceptors (Lipinski definition) is 5. The Bertz CT molecular complexity index is 434. The third-order valence-corrected chi connectivity index (χ3v) is 1.75. The van der Waals surface area contributed by atoms with Gasteiger partial charge >= 0.3 is 6.01 Å². The molecule has 0 fully saturated rings. The van der Waals surface area contributed by atoms with E-state index in [1.54, 1.807) is 12.1 Å². The van der Waals surface area contributed by atoms with Gasteiger partial charge in [-0.05, 0) is 6.07 Å². The fraction of sp³-hybridized carbons (Fsp3) is 0. The highest BCUT2D eigenvalue weighted by atomic mass is 35.5. The van der Waals surface area contributed by atoms with E-state index in [1.807, 2.05) is 0 Å². The molecule has 2 heterocycles. The number of hydrogen-bond donors (Lipinski definition) is 1. The summed E-state index contributed by atoms with van der Waals surface area (Å²) in [5, 5.41) is 0.483. The van der Waals surface area contributed by atoms with Crippen LogP contribution in [-0.4, -0.2) is 15.0 Å². The zero-order valence-corrected chi connectivity index (χ0v) is 8.35. The van der Waals surface area contributed by atoms with Gasteiger partial charge < -0.3 is 10.5 Å². The van der Waals surface area contributed by atoms with E-state index in [9.17, 15) is 0 Å². The topological polar surface area (TPSA) is 73.9 Å². The summed E-state index contributed by atoms with van der Waals surface area (Å²) in [5.74, 6) is 0.808. The molecule has 0 aromatic carbocycles. The number of halogens is 1. The van der Waals surface area contributed by atoms with Gasteiger partial charge in [-0.25, -0.2) is 4.98 Å². The van der Waals surface area contributed by atoms with Gasteiger partial charge in [0.25, 0.3) is 0 Å². The first-order valence-corrected chi connectivity index (χ1v) is 4.49. The molecule has 0 bridgehead atoms. The lowest BCUT2D eigenvalue weighted by molar-refractivity contribution is 0.441. The van der Waals surface area contributed by atoms with Crippen molar-refractivity contribution in [3.05, 3.63) is 35.7 Å². The van der Waals surface area contributed by atoms with E-state index in [0.29, 0.717) is 16.6 Å². The standard InChI is InChI=1S/C9H7ClN4O/c10-6-3-7(5-12-4-6)15-9-13-2-1-8(11)14-9/h1-5H,(H2,11,13,14). The number of nitrogen functional groups attached to an aromatic ring is 1. The van der Waals surface area contributed by atoms with Crippen molar-refractivity contribution in [1.29, 1.82) is 0 Å². The van der Waals surface area contributed by atoms with Crippen molar-refractivity contribution in [3.8, 4) is 11.8 Å². The second-order valence-corrected chi connectivity index (χ2v) is 3.14. The van der Waals surface area contributed by atoms with Gasteiger partial charge in [-0.15, -0.1) is 0 Å². The van der Waals surface area contributed by atoms with Crippen LogP contribution in [0.1, 0.15) is 0 Å². The van der Waals surface area contributed by atoms with Gasteiger partial charge in [-0.1, -0.05) is 11.6 Å². The fourth-order valence-electron chi connectivity index (χ4n) is 0.957. The van der Waals surface area contributed by atoms with Crippen molar-refractivity contribution in [1.82, 2.24) is 15.0 Å². The van der Waals surface area contributed by atoms with E-state index in [0.717, 1.165) is 0 Å². The normalized spacial score (nSPS) is 9.93. The van der Waals surface area contributed by atoms with Gasteiger partial charge in [-0.2, -0.15) is 4.98 Å². The maximum absolute atomic E-state index is 5.73. The molecule has 0 amide bonds. The van der Waals surface area contributed by atoms with Crippen LogP contribution < -0.4 is 10.5 Å². The molecule has 2 aromatic rings. The van der Waals surface area contributed by atoms with Crippen molar-refractivity contribution in [3.63, 3.8) is 0 Å². The van der Waals surface area contributed by atoms with E-state index in [1.165, 1.54) is 18.6 Å². The number of nitrogens with two attached hydrogens (primary N) is 1. The van der Waals surface area contributed by atoms with Crippen LogP contribution in [0.15, 0.2) is 30.7 Å². The summed E-state index contributed by atoms with van der Waals surface area (Å²) in [6, 6.07) is 3.35. The molecule has 2 rings (SSSR count). The van der Waals surface area contributed by atoms with Crippen molar-refractivity contribution in [2.75, 3.05) is 5.73 Å². The number of anilines is 1. The maximum Gasteiger partial charge on any atom is 0.323 e. The smallest absolute Gasteiger partial charge is 0.323 e. The number of aromatic nitrogens is 3. The molecular weight excluding hydrogens is 216 g/mol. The Labute approximate surface area is 90.9 Å². The van der Waals surface area contributed by atoms with E-state index in [2.05, 4.69) is 15.0 Å². The zero-order valence-electron chi connectivity index (χ0n) is 7.59. The van der Waals surface area contributed by atoms with Crippen LogP contribution in [-0.2, 0) is 0 Å². The van der Waals surface area contributed by atoms with Crippen molar-refractivity contribution in [2.45, 2.75) is 0 Å². The summed E-state index contributed by atoms with van der Waals surface area (Å²) < 4.78 is 5.29. The second kappa shape index (κ2) is 4.10. The number of pyridine rings is 1. The molecule has 15 heavy (non-hydrogen) atoms. The minimum absolute atomic E-state index is 0.166. The fourth-order valence-corrected chi connectivity index (χ4v) is 1.12. The first kappa shape index (κ1) is 9.67. The maximum atomic E-state index is 5.73. The predicted molar refractivity (Wildman–Crippen MR) is 55.8 cm³/mol. The summed E-state index contributed by atoms with van der Waals surface area (Å²) in [4.78, 5) is 11.6. The van der Waals surface area contributed by atoms with E-state index >= 15 is 0 Å². The molecule has 5 nitrogen and oxygen atoms in total. The molecule has 0 atom stereocenters. The van der Waals surface area contributed by atoms with Gasteiger partial charge in [-0.3, -0.25) is 4.98 Å². The molecule has 2 N–H and O–H groups in total. The van der Waals surface area contributed by atoms with E-state index in [-0.39, 0.29) is 6.01 Å². The first-order valence-electron chi connectivity index (χ1n) is 4.11. The minimum Gasteiger partial charge on any atom is -0.423 e. The third-order valence-electron chi connectivity index (χ3n) is 1.54. The Morgan fingerprint density at radius 1 is 1.33 bits per heavy atom. The SMILES string of the molecule is Nc1ccnc(Oc2cncc(Cl)c2)n1. The van der Waals surface area contributed by atoms with Crippen LogP contribution in [0.5, 0.6) is 11.8 Å². The van der Waals surface area contributed by atoms with Crippen molar-refractivity contribution >= 4 is 17.4 Å². The average Bonchev–Trinajstić information content (AvgIpc) is 2.17. The van der Waals surface area contributed by atoms with Crippen LogP contribution in [0.4, 0.5) is 5.82 Å². The van der Waals surface area contributed by atoms with Crippen LogP contribution >= 0.6 is 11.6 Å². The van der Waals surface area contributed by atoms with Crippen LogP contribution in [0.2, 0.25) is 5.02 Å². The third kappa shape index (κ3) is 2.54. The molecule has 0 spiro atoms. The number of nitrogens with zero attached hydrogens (tertiary/aromatic N) is 3. The number of ether oxygens (including phenoxy) is 1.